The van der Waals surface area contributed by atoms with E-state index >= 15 is 0 Å². The number of anilines is 2. The van der Waals surface area contributed by atoms with Crippen LogP contribution in [0.1, 0.15) is 41.4 Å². The third-order valence-electron chi connectivity index (χ3n) is 4.83. The van der Waals surface area contributed by atoms with E-state index in [0.717, 1.165) is 0 Å². The average Bonchev–Trinajstić information content (AvgIpc) is 2.90. The fraction of sp³-hybridized carbons (Fsp3) is 0. The molecule has 0 heterocycles. The molecule has 0 fully saturated rings. The van der Waals surface area contributed by atoms with Crippen molar-refractivity contribution in [2.24, 2.45) is 0 Å². The van der Waals surface area contributed by atoms with Gasteiger partial charge in [-0.2, -0.15) is 0 Å². The van der Waals surface area contributed by atoms with Crippen molar-refractivity contribution in [2.75, 3.05) is 10.6 Å². The molecule has 0 aliphatic carbocycles. The number of rotatable bonds is 6. The summed E-state index contributed by atoms with van der Waals surface area (Å²) in [5.74, 6) is -3.09. The van der Waals surface area contributed by atoms with Crippen molar-refractivity contribution in [1.82, 2.24) is 0 Å². The van der Waals surface area contributed by atoms with Crippen molar-refractivity contribution < 1.29 is 29.4 Å². The number of para-hydroxylation sites is 2. The molecule has 4 aromatic carbocycles. The molecule has 2 N–H and O–H groups in total. The van der Waals surface area contributed by atoms with Gasteiger partial charge >= 0.3 is 0 Å². The van der Waals surface area contributed by atoms with Crippen molar-refractivity contribution >= 4 is 35.1 Å². The second kappa shape index (κ2) is 12.3. The van der Waals surface area contributed by atoms with Crippen molar-refractivity contribution in [3.05, 3.63) is 131 Å². The summed E-state index contributed by atoms with van der Waals surface area (Å²) in [7, 11) is 0. The van der Waals surface area contributed by atoms with Gasteiger partial charge in [0.15, 0.2) is 0 Å². The zero-order chi connectivity index (χ0) is 25.9. The molecule has 0 saturated heterocycles. The van der Waals surface area contributed by atoms with Gasteiger partial charge < -0.3 is 30.4 Å². The zero-order valence-corrected chi connectivity index (χ0v) is 18.8. The number of carbonyl (C=O) groups is 4. The summed E-state index contributed by atoms with van der Waals surface area (Å²) in [5.41, 5.74) is 2.25. The topological polar surface area (TPSA) is 138 Å². The molecule has 0 aromatic heterocycles. The lowest BCUT2D eigenvalue weighted by Gasteiger charge is -2.06. The molecule has 0 bridgehead atoms. The Bertz CT molecular complexity index is 1230. The molecular formula is C28H20N2O6-2. The molecule has 36 heavy (non-hydrogen) atoms. The van der Waals surface area contributed by atoms with E-state index in [4.69, 9.17) is 0 Å². The van der Waals surface area contributed by atoms with Crippen molar-refractivity contribution in [3.8, 4) is 0 Å². The van der Waals surface area contributed by atoms with Crippen LogP contribution in [-0.4, -0.2) is 23.8 Å². The Morgan fingerprint density at radius 2 is 0.694 bits per heavy atom. The molecule has 0 aliphatic rings. The fourth-order valence-corrected chi connectivity index (χ4v) is 2.96. The molecule has 0 atom stereocenters. The molecule has 4 rings (SSSR count). The van der Waals surface area contributed by atoms with Gasteiger partial charge in [-0.1, -0.05) is 60.7 Å². The SMILES string of the molecule is O=C([O-])c1ccc(C(=O)Nc2ccccc2)cc1.O=C([O-])c1ccc(C(=O)Nc2ccccc2)cc1. The first kappa shape index (κ1) is 25.4. The van der Waals surface area contributed by atoms with Gasteiger partial charge in [-0.15, -0.1) is 0 Å². The Kier molecular flexibility index (Phi) is 8.66. The van der Waals surface area contributed by atoms with Crippen LogP contribution >= 0.6 is 0 Å². The maximum atomic E-state index is 11.8. The van der Waals surface area contributed by atoms with Crippen LogP contribution in [0.4, 0.5) is 11.4 Å². The van der Waals surface area contributed by atoms with Gasteiger partial charge in [0, 0.05) is 22.5 Å². The van der Waals surface area contributed by atoms with Crippen LogP contribution in [0, 0.1) is 0 Å². The number of hydrogen-bond donors (Lipinski definition) is 2. The minimum absolute atomic E-state index is 0.0475. The molecule has 0 aliphatic heterocycles. The Balaban J connectivity index is 0.000000201. The fourth-order valence-electron chi connectivity index (χ4n) is 2.96. The maximum absolute atomic E-state index is 11.8. The molecule has 0 radical (unpaired) electrons. The summed E-state index contributed by atoms with van der Waals surface area (Å²) >= 11 is 0. The molecule has 8 heteroatoms. The molecule has 0 spiro atoms. The summed E-state index contributed by atoms with van der Waals surface area (Å²) < 4.78 is 0. The number of carbonyl (C=O) groups excluding carboxylic acids is 4. The molecule has 8 nitrogen and oxygen atoms in total. The van der Waals surface area contributed by atoms with Gasteiger partial charge in [-0.3, -0.25) is 9.59 Å². The Morgan fingerprint density at radius 1 is 0.417 bits per heavy atom. The van der Waals surface area contributed by atoms with E-state index in [1.54, 1.807) is 24.3 Å². The first-order valence-corrected chi connectivity index (χ1v) is 10.7. The molecule has 4 aromatic rings. The van der Waals surface area contributed by atoms with E-state index < -0.39 is 11.9 Å². The quantitative estimate of drug-likeness (QED) is 0.435. The second-order valence-electron chi connectivity index (χ2n) is 7.37. The van der Waals surface area contributed by atoms with Crippen LogP contribution in [0.5, 0.6) is 0 Å². The van der Waals surface area contributed by atoms with Gasteiger partial charge in [0.05, 0.1) is 11.9 Å². The molecular weight excluding hydrogens is 460 g/mol. The Morgan fingerprint density at radius 3 is 0.972 bits per heavy atom. The third-order valence-corrected chi connectivity index (χ3v) is 4.83. The van der Waals surface area contributed by atoms with E-state index in [0.29, 0.717) is 22.5 Å². The van der Waals surface area contributed by atoms with Crippen molar-refractivity contribution in [1.29, 1.82) is 0 Å². The minimum Gasteiger partial charge on any atom is -0.545 e. The Labute approximate surface area is 206 Å². The number of amides is 2. The van der Waals surface area contributed by atoms with E-state index in [1.807, 2.05) is 36.4 Å². The number of benzene rings is 4. The first-order valence-electron chi connectivity index (χ1n) is 10.7. The average molecular weight is 480 g/mol. The maximum Gasteiger partial charge on any atom is 0.255 e. The Hall–Kier alpha value is -5.24. The lowest BCUT2D eigenvalue weighted by atomic mass is 10.1. The third kappa shape index (κ3) is 7.39. The second-order valence-corrected chi connectivity index (χ2v) is 7.37. The van der Waals surface area contributed by atoms with Gasteiger partial charge in [0.1, 0.15) is 0 Å². The molecule has 2 amide bonds. The van der Waals surface area contributed by atoms with Crippen LogP contribution in [0.3, 0.4) is 0 Å². The van der Waals surface area contributed by atoms with E-state index in [-0.39, 0.29) is 22.9 Å². The number of carboxylic acid groups (broad SMARTS) is 2. The van der Waals surface area contributed by atoms with E-state index in [9.17, 15) is 29.4 Å². The van der Waals surface area contributed by atoms with Crippen LogP contribution < -0.4 is 20.8 Å². The summed E-state index contributed by atoms with van der Waals surface area (Å²) in [5, 5.41) is 26.5. The van der Waals surface area contributed by atoms with Crippen molar-refractivity contribution in [3.63, 3.8) is 0 Å². The largest absolute Gasteiger partial charge is 0.545 e. The van der Waals surface area contributed by atoms with Gasteiger partial charge in [-0.05, 0) is 59.7 Å². The summed E-state index contributed by atoms with van der Waals surface area (Å²) in [4.78, 5) is 44.8. The van der Waals surface area contributed by atoms with Gasteiger partial charge in [0.2, 0.25) is 0 Å². The highest BCUT2D eigenvalue weighted by atomic mass is 16.4. The van der Waals surface area contributed by atoms with Crippen LogP contribution in [0.25, 0.3) is 0 Å². The molecule has 0 saturated carbocycles. The smallest absolute Gasteiger partial charge is 0.255 e. The highest BCUT2D eigenvalue weighted by Gasteiger charge is 2.06. The molecule has 180 valence electrons. The van der Waals surface area contributed by atoms with Crippen LogP contribution in [0.15, 0.2) is 109 Å². The number of carboxylic acids is 2. The van der Waals surface area contributed by atoms with E-state index in [2.05, 4.69) is 10.6 Å². The van der Waals surface area contributed by atoms with E-state index in [1.165, 1.54) is 48.5 Å². The first-order chi connectivity index (χ1) is 17.3. The molecule has 0 unspecified atom stereocenters. The normalized spacial score (nSPS) is 9.78. The lowest BCUT2D eigenvalue weighted by Crippen LogP contribution is -2.22. The van der Waals surface area contributed by atoms with Gasteiger partial charge in [0.25, 0.3) is 11.8 Å². The number of nitrogens with one attached hydrogen (secondary N) is 2. The zero-order valence-electron chi connectivity index (χ0n) is 18.8. The standard InChI is InChI=1S/2C14H11NO3/c2*16-13(15-12-4-2-1-3-5-12)10-6-8-11(9-7-10)14(17)18/h2*1-9H,(H,15,16)(H,17,18)/p-2. The highest BCUT2D eigenvalue weighted by Crippen LogP contribution is 2.11. The monoisotopic (exact) mass is 480 g/mol. The summed E-state index contributed by atoms with van der Waals surface area (Å²) in [6, 6.07) is 29.2. The minimum atomic E-state index is -1.26. The highest BCUT2D eigenvalue weighted by molar-refractivity contribution is 6.05. The predicted octanol–water partition coefficient (Wildman–Crippen LogP) is 2.60. The number of aromatic carboxylic acids is 2. The van der Waals surface area contributed by atoms with Crippen LogP contribution in [0.2, 0.25) is 0 Å². The number of hydrogen-bond acceptors (Lipinski definition) is 6. The lowest BCUT2D eigenvalue weighted by molar-refractivity contribution is -0.256. The van der Waals surface area contributed by atoms with Crippen molar-refractivity contribution in [2.45, 2.75) is 0 Å². The summed E-state index contributed by atoms with van der Waals surface area (Å²) in [6.45, 7) is 0. The summed E-state index contributed by atoms with van der Waals surface area (Å²) in [6.07, 6.45) is 0. The van der Waals surface area contributed by atoms with Gasteiger partial charge in [-0.25, -0.2) is 0 Å². The predicted molar refractivity (Wildman–Crippen MR) is 130 cm³/mol. The van der Waals surface area contributed by atoms with Crippen LogP contribution in [-0.2, 0) is 0 Å².